The molecule has 0 bridgehead atoms. The second-order valence-electron chi connectivity index (χ2n) is 6.92. The van der Waals surface area contributed by atoms with Crippen molar-refractivity contribution in [2.75, 3.05) is 6.61 Å². The van der Waals surface area contributed by atoms with Crippen molar-refractivity contribution in [3.8, 4) is 0 Å². The van der Waals surface area contributed by atoms with Gasteiger partial charge in [0.15, 0.2) is 0 Å². The lowest BCUT2D eigenvalue weighted by atomic mass is 9.66. The molecule has 0 amide bonds. The molecule has 0 saturated carbocycles. The Morgan fingerprint density at radius 2 is 1.23 bits per heavy atom. The molecule has 0 aliphatic carbocycles. The molecule has 2 heteroatoms. The third kappa shape index (κ3) is 7.65. The molecule has 0 heterocycles. The minimum absolute atomic E-state index is 0.0361. The summed E-state index contributed by atoms with van der Waals surface area (Å²) in [5.74, 6) is 0.0748. The van der Waals surface area contributed by atoms with Crippen molar-refractivity contribution in [1.29, 1.82) is 0 Å². The van der Waals surface area contributed by atoms with Gasteiger partial charge < -0.3 is 4.74 Å². The quantitative estimate of drug-likeness (QED) is 0.269. The summed E-state index contributed by atoms with van der Waals surface area (Å²) >= 11 is 0. The molecule has 0 aromatic carbocycles. The van der Waals surface area contributed by atoms with Crippen LogP contribution in [0.1, 0.15) is 105 Å². The third-order valence-electron chi connectivity index (χ3n) is 5.10. The summed E-state index contributed by atoms with van der Waals surface area (Å²) in [4.78, 5) is 12.5. The zero-order chi connectivity index (χ0) is 16.8. The van der Waals surface area contributed by atoms with Crippen molar-refractivity contribution in [2.24, 2.45) is 11.3 Å². The fourth-order valence-electron chi connectivity index (χ4n) is 3.30. The molecule has 0 aromatic rings. The zero-order valence-electron chi connectivity index (χ0n) is 15.9. The predicted octanol–water partition coefficient (Wildman–Crippen LogP) is 6.52. The van der Waals surface area contributed by atoms with Crippen LogP contribution in [0.5, 0.6) is 0 Å². The van der Waals surface area contributed by atoms with Crippen LogP contribution in [-0.2, 0) is 9.53 Å². The molecule has 0 aliphatic heterocycles. The van der Waals surface area contributed by atoms with E-state index in [1.807, 2.05) is 0 Å². The first-order valence-corrected chi connectivity index (χ1v) is 9.74. The molecular weight excluding hydrogens is 272 g/mol. The molecule has 0 saturated heterocycles. The highest BCUT2D eigenvalue weighted by molar-refractivity contribution is 5.73. The fourth-order valence-corrected chi connectivity index (χ4v) is 3.30. The van der Waals surface area contributed by atoms with E-state index in [9.17, 15) is 4.79 Å². The van der Waals surface area contributed by atoms with Crippen molar-refractivity contribution >= 4 is 5.97 Å². The lowest BCUT2D eigenvalue weighted by Gasteiger charge is -2.39. The molecular formula is C20H40O2. The van der Waals surface area contributed by atoms with Gasteiger partial charge in [0.05, 0.1) is 12.5 Å². The van der Waals surface area contributed by atoms with E-state index in [1.54, 1.807) is 0 Å². The molecule has 0 aromatic heterocycles. The lowest BCUT2D eigenvalue weighted by Crippen LogP contribution is -2.35. The summed E-state index contributed by atoms with van der Waals surface area (Å²) in [7, 11) is 0. The first-order chi connectivity index (χ1) is 10.6. The molecule has 1 atom stereocenters. The number of ether oxygens (including phenoxy) is 1. The van der Waals surface area contributed by atoms with Gasteiger partial charge in [0.2, 0.25) is 0 Å². The van der Waals surface area contributed by atoms with E-state index >= 15 is 0 Å². The summed E-state index contributed by atoms with van der Waals surface area (Å²) in [5.41, 5.74) is 0.158. The molecule has 0 fully saturated rings. The van der Waals surface area contributed by atoms with Gasteiger partial charge >= 0.3 is 5.97 Å². The summed E-state index contributed by atoms with van der Waals surface area (Å²) in [5, 5.41) is 0. The third-order valence-corrected chi connectivity index (χ3v) is 5.10. The Hall–Kier alpha value is -0.530. The predicted molar refractivity (Wildman–Crippen MR) is 96.0 cm³/mol. The Labute approximate surface area is 139 Å². The maximum atomic E-state index is 12.5. The number of hydrogen-bond donors (Lipinski definition) is 0. The Balaban J connectivity index is 4.97. The van der Waals surface area contributed by atoms with Gasteiger partial charge in [-0.2, -0.15) is 0 Å². The maximum Gasteiger partial charge on any atom is 0.309 e. The normalized spacial score (nSPS) is 13.1. The first-order valence-electron chi connectivity index (χ1n) is 9.74. The van der Waals surface area contributed by atoms with Gasteiger partial charge in [-0.25, -0.2) is 0 Å². The van der Waals surface area contributed by atoms with Gasteiger partial charge in [-0.1, -0.05) is 79.6 Å². The maximum absolute atomic E-state index is 12.5. The van der Waals surface area contributed by atoms with Crippen LogP contribution in [0.2, 0.25) is 0 Å². The van der Waals surface area contributed by atoms with Crippen molar-refractivity contribution < 1.29 is 9.53 Å². The topological polar surface area (TPSA) is 26.3 Å². The minimum atomic E-state index is 0.0361. The van der Waals surface area contributed by atoms with Crippen LogP contribution >= 0.6 is 0 Å². The summed E-state index contributed by atoms with van der Waals surface area (Å²) in [6.45, 7) is 11.6. The number of hydrogen-bond acceptors (Lipinski definition) is 2. The highest BCUT2D eigenvalue weighted by atomic mass is 16.5. The first kappa shape index (κ1) is 21.5. The minimum Gasteiger partial charge on any atom is -0.465 e. The Morgan fingerprint density at radius 1 is 0.818 bits per heavy atom. The molecule has 132 valence electrons. The smallest absolute Gasteiger partial charge is 0.309 e. The average molecular weight is 313 g/mol. The summed E-state index contributed by atoms with van der Waals surface area (Å²) in [6, 6.07) is 0. The van der Waals surface area contributed by atoms with Crippen molar-refractivity contribution in [2.45, 2.75) is 105 Å². The van der Waals surface area contributed by atoms with Gasteiger partial charge in [-0.15, -0.1) is 0 Å². The number of carbonyl (C=O) groups is 1. The molecule has 0 N–H and O–H groups in total. The van der Waals surface area contributed by atoms with Crippen molar-refractivity contribution in [1.82, 2.24) is 0 Å². The van der Waals surface area contributed by atoms with Crippen LogP contribution < -0.4 is 0 Å². The molecule has 1 unspecified atom stereocenters. The number of unbranched alkanes of at least 4 members (excludes halogenated alkanes) is 4. The number of rotatable bonds is 14. The van der Waals surface area contributed by atoms with E-state index in [-0.39, 0.29) is 17.3 Å². The monoisotopic (exact) mass is 312 g/mol. The highest BCUT2D eigenvalue weighted by Crippen LogP contribution is 2.44. The molecule has 0 aliphatic rings. The van der Waals surface area contributed by atoms with Crippen LogP contribution in [0, 0.1) is 11.3 Å². The van der Waals surface area contributed by atoms with Gasteiger partial charge in [0, 0.05) is 0 Å². The fraction of sp³-hybridized carbons (Fsp3) is 0.950. The molecule has 22 heavy (non-hydrogen) atoms. The second-order valence-corrected chi connectivity index (χ2v) is 6.92. The van der Waals surface area contributed by atoms with Crippen LogP contribution in [0.3, 0.4) is 0 Å². The van der Waals surface area contributed by atoms with Gasteiger partial charge in [0.25, 0.3) is 0 Å². The highest BCUT2D eigenvalue weighted by Gasteiger charge is 2.39. The Morgan fingerprint density at radius 3 is 1.59 bits per heavy atom. The molecule has 0 spiro atoms. The molecule has 2 nitrogen and oxygen atoms in total. The van der Waals surface area contributed by atoms with Crippen LogP contribution in [0.15, 0.2) is 0 Å². The van der Waals surface area contributed by atoms with Crippen LogP contribution in [0.4, 0.5) is 0 Å². The average Bonchev–Trinajstić information content (AvgIpc) is 2.54. The number of esters is 1. The van der Waals surface area contributed by atoms with Crippen molar-refractivity contribution in [3.05, 3.63) is 0 Å². The van der Waals surface area contributed by atoms with E-state index < -0.39 is 0 Å². The summed E-state index contributed by atoms with van der Waals surface area (Å²) < 4.78 is 5.55. The van der Waals surface area contributed by atoms with Gasteiger partial charge in [0.1, 0.15) is 0 Å². The zero-order valence-corrected chi connectivity index (χ0v) is 15.9. The Kier molecular flexibility index (Phi) is 12.6. The second kappa shape index (κ2) is 13.0. The van der Waals surface area contributed by atoms with E-state index in [1.165, 1.54) is 57.8 Å². The molecule has 0 rings (SSSR count). The Bertz CT molecular complexity index is 251. The van der Waals surface area contributed by atoms with Gasteiger partial charge in [-0.05, 0) is 31.1 Å². The SMILES string of the molecule is CCCCOC(=O)C(C)C(CCCC)(CCCC)CCCC. The van der Waals surface area contributed by atoms with E-state index in [4.69, 9.17) is 4.74 Å². The lowest BCUT2D eigenvalue weighted by molar-refractivity contribution is -0.154. The van der Waals surface area contributed by atoms with Gasteiger partial charge in [-0.3, -0.25) is 4.79 Å². The largest absolute Gasteiger partial charge is 0.465 e. The van der Waals surface area contributed by atoms with E-state index in [2.05, 4.69) is 34.6 Å². The standard InChI is InChI=1S/C20H40O2/c1-6-10-14-20(15-11-7-2,16-12-8-3)18(5)19(21)22-17-13-9-4/h18H,6-17H2,1-5H3. The number of carbonyl (C=O) groups excluding carboxylic acids is 1. The molecule has 0 radical (unpaired) electrons. The van der Waals surface area contributed by atoms with Crippen LogP contribution in [-0.4, -0.2) is 12.6 Å². The van der Waals surface area contributed by atoms with E-state index in [0.29, 0.717) is 6.61 Å². The van der Waals surface area contributed by atoms with E-state index in [0.717, 1.165) is 12.8 Å². The summed E-state index contributed by atoms with van der Waals surface area (Å²) in [6.07, 6.45) is 12.9. The van der Waals surface area contributed by atoms with Crippen molar-refractivity contribution in [3.63, 3.8) is 0 Å². The van der Waals surface area contributed by atoms with Crippen LogP contribution in [0.25, 0.3) is 0 Å².